The standard InChI is InChI=1S/C22H27N/c1-2-3-4-5-6-7-8-17-9-10-18-15-21-16-22(23)12-11-19(21)14-20(18)13-17/h9-16H,2-8,23H2,1H3. The van der Waals surface area contributed by atoms with E-state index in [9.17, 15) is 0 Å². The summed E-state index contributed by atoms with van der Waals surface area (Å²) in [5, 5.41) is 5.13. The number of nitrogen functional groups attached to an aromatic ring is 1. The molecule has 0 atom stereocenters. The molecule has 0 saturated heterocycles. The van der Waals surface area contributed by atoms with Crippen LogP contribution in [-0.4, -0.2) is 0 Å². The highest BCUT2D eigenvalue weighted by atomic mass is 14.5. The third-order valence-electron chi connectivity index (χ3n) is 4.70. The Hall–Kier alpha value is -2.02. The second-order valence-corrected chi connectivity index (χ2v) is 6.66. The number of anilines is 1. The normalized spacial score (nSPS) is 11.3. The predicted octanol–water partition coefficient (Wildman–Crippen LogP) is 6.48. The van der Waals surface area contributed by atoms with Crippen molar-refractivity contribution in [2.24, 2.45) is 0 Å². The molecule has 0 unspecified atom stereocenters. The van der Waals surface area contributed by atoms with Gasteiger partial charge in [-0.3, -0.25) is 0 Å². The summed E-state index contributed by atoms with van der Waals surface area (Å²) in [6.45, 7) is 2.27. The maximum Gasteiger partial charge on any atom is 0.0320 e. The van der Waals surface area contributed by atoms with Crippen LogP contribution in [0.15, 0.2) is 48.5 Å². The van der Waals surface area contributed by atoms with Crippen LogP contribution in [0.5, 0.6) is 0 Å². The zero-order chi connectivity index (χ0) is 16.1. The zero-order valence-electron chi connectivity index (χ0n) is 14.1. The fourth-order valence-electron chi connectivity index (χ4n) is 3.33. The lowest BCUT2D eigenvalue weighted by molar-refractivity contribution is 0.607. The molecule has 0 spiro atoms. The summed E-state index contributed by atoms with van der Waals surface area (Å²) in [6.07, 6.45) is 9.34. The van der Waals surface area contributed by atoms with Gasteiger partial charge >= 0.3 is 0 Å². The topological polar surface area (TPSA) is 26.0 Å². The van der Waals surface area contributed by atoms with Gasteiger partial charge in [-0.25, -0.2) is 0 Å². The van der Waals surface area contributed by atoms with Crippen LogP contribution in [0.1, 0.15) is 51.0 Å². The molecule has 3 aromatic rings. The molecule has 120 valence electrons. The molecule has 3 aromatic carbocycles. The van der Waals surface area contributed by atoms with Crippen LogP contribution in [0, 0.1) is 0 Å². The Morgan fingerprint density at radius 3 is 2.09 bits per heavy atom. The number of unbranched alkanes of at least 4 members (excludes halogenated alkanes) is 5. The molecule has 1 nitrogen and oxygen atoms in total. The van der Waals surface area contributed by atoms with E-state index in [1.54, 1.807) is 0 Å². The summed E-state index contributed by atoms with van der Waals surface area (Å²) in [5.74, 6) is 0. The van der Waals surface area contributed by atoms with E-state index in [0.29, 0.717) is 0 Å². The molecule has 0 fully saturated rings. The Balaban J connectivity index is 1.71. The van der Waals surface area contributed by atoms with Crippen LogP contribution in [0.2, 0.25) is 0 Å². The third-order valence-corrected chi connectivity index (χ3v) is 4.70. The molecule has 0 saturated carbocycles. The van der Waals surface area contributed by atoms with Gasteiger partial charge in [-0.1, -0.05) is 63.3 Å². The average Bonchev–Trinajstić information content (AvgIpc) is 2.56. The maximum absolute atomic E-state index is 5.89. The van der Waals surface area contributed by atoms with E-state index >= 15 is 0 Å². The largest absolute Gasteiger partial charge is 0.399 e. The average molecular weight is 305 g/mol. The second-order valence-electron chi connectivity index (χ2n) is 6.66. The molecule has 0 aliphatic carbocycles. The van der Waals surface area contributed by atoms with Crippen LogP contribution >= 0.6 is 0 Å². The van der Waals surface area contributed by atoms with E-state index in [1.807, 2.05) is 6.07 Å². The molecule has 0 aromatic heterocycles. The van der Waals surface area contributed by atoms with Gasteiger partial charge in [0.25, 0.3) is 0 Å². The van der Waals surface area contributed by atoms with Crippen LogP contribution in [0.25, 0.3) is 21.5 Å². The van der Waals surface area contributed by atoms with Crippen molar-refractivity contribution in [3.05, 3.63) is 54.1 Å². The molecule has 0 aliphatic rings. The molecule has 0 radical (unpaired) electrons. The summed E-state index contributed by atoms with van der Waals surface area (Å²) < 4.78 is 0. The molecular weight excluding hydrogens is 278 g/mol. The summed E-state index contributed by atoms with van der Waals surface area (Å²) in [7, 11) is 0. The Bertz CT molecular complexity index is 788. The van der Waals surface area contributed by atoms with Gasteiger partial charge in [-0.2, -0.15) is 0 Å². The SMILES string of the molecule is CCCCCCCCc1ccc2cc3cc(N)ccc3cc2c1. The lowest BCUT2D eigenvalue weighted by Crippen LogP contribution is -1.88. The van der Waals surface area contributed by atoms with Gasteiger partial charge in [-0.15, -0.1) is 0 Å². The van der Waals surface area contributed by atoms with Crippen molar-refractivity contribution in [2.75, 3.05) is 5.73 Å². The molecule has 1 heteroatoms. The van der Waals surface area contributed by atoms with Crippen molar-refractivity contribution in [1.29, 1.82) is 0 Å². The first-order valence-corrected chi connectivity index (χ1v) is 8.98. The highest BCUT2D eigenvalue weighted by Crippen LogP contribution is 2.26. The Labute approximate surface area is 139 Å². The van der Waals surface area contributed by atoms with Gasteiger partial charge in [0, 0.05) is 5.69 Å². The van der Waals surface area contributed by atoms with Crippen molar-refractivity contribution in [2.45, 2.75) is 51.9 Å². The minimum absolute atomic E-state index is 0.830. The first-order valence-electron chi connectivity index (χ1n) is 8.98. The number of hydrogen-bond acceptors (Lipinski definition) is 1. The number of aryl methyl sites for hydroxylation is 1. The van der Waals surface area contributed by atoms with E-state index in [2.05, 4.69) is 49.4 Å². The van der Waals surface area contributed by atoms with Crippen LogP contribution < -0.4 is 5.73 Å². The first-order chi connectivity index (χ1) is 11.3. The summed E-state index contributed by atoms with van der Waals surface area (Å²) in [5.41, 5.74) is 8.18. The molecular formula is C22H27N. The fourth-order valence-corrected chi connectivity index (χ4v) is 3.33. The van der Waals surface area contributed by atoms with Gasteiger partial charge in [-0.05, 0) is 64.2 Å². The lowest BCUT2D eigenvalue weighted by Gasteiger charge is -2.07. The highest BCUT2D eigenvalue weighted by molar-refractivity contribution is 5.99. The molecule has 2 N–H and O–H groups in total. The number of rotatable bonds is 7. The minimum atomic E-state index is 0.830. The zero-order valence-corrected chi connectivity index (χ0v) is 14.1. The van der Waals surface area contributed by atoms with Crippen LogP contribution in [0.3, 0.4) is 0 Å². The molecule has 3 rings (SSSR count). The van der Waals surface area contributed by atoms with Crippen molar-refractivity contribution < 1.29 is 0 Å². The van der Waals surface area contributed by atoms with E-state index in [0.717, 1.165) is 5.69 Å². The van der Waals surface area contributed by atoms with E-state index in [1.165, 1.54) is 72.1 Å². The van der Waals surface area contributed by atoms with Crippen molar-refractivity contribution in [1.82, 2.24) is 0 Å². The Morgan fingerprint density at radius 2 is 1.30 bits per heavy atom. The summed E-state index contributed by atoms with van der Waals surface area (Å²) in [4.78, 5) is 0. The van der Waals surface area contributed by atoms with Crippen molar-refractivity contribution >= 4 is 27.2 Å². The van der Waals surface area contributed by atoms with E-state index in [4.69, 9.17) is 5.73 Å². The Morgan fingerprint density at radius 1 is 0.652 bits per heavy atom. The van der Waals surface area contributed by atoms with Crippen LogP contribution in [0.4, 0.5) is 5.69 Å². The molecule has 0 aliphatic heterocycles. The van der Waals surface area contributed by atoms with Gasteiger partial charge < -0.3 is 5.73 Å². The molecule has 0 bridgehead atoms. The first kappa shape index (κ1) is 15.9. The highest BCUT2D eigenvalue weighted by Gasteiger charge is 2.01. The number of nitrogens with two attached hydrogens (primary N) is 1. The molecule has 0 amide bonds. The third kappa shape index (κ3) is 4.04. The maximum atomic E-state index is 5.89. The van der Waals surface area contributed by atoms with Gasteiger partial charge in [0.05, 0.1) is 0 Å². The Kier molecular flexibility index (Phi) is 5.17. The smallest absolute Gasteiger partial charge is 0.0320 e. The van der Waals surface area contributed by atoms with Crippen molar-refractivity contribution in [3.8, 4) is 0 Å². The summed E-state index contributed by atoms with van der Waals surface area (Å²) in [6, 6.07) is 17.6. The predicted molar refractivity (Wildman–Crippen MR) is 103 cm³/mol. The summed E-state index contributed by atoms with van der Waals surface area (Å²) >= 11 is 0. The van der Waals surface area contributed by atoms with Crippen molar-refractivity contribution in [3.63, 3.8) is 0 Å². The second kappa shape index (κ2) is 7.50. The number of benzene rings is 3. The van der Waals surface area contributed by atoms with Gasteiger partial charge in [0.15, 0.2) is 0 Å². The number of fused-ring (bicyclic) bond motifs is 2. The lowest BCUT2D eigenvalue weighted by atomic mass is 9.99. The fraction of sp³-hybridized carbons (Fsp3) is 0.364. The van der Waals surface area contributed by atoms with Gasteiger partial charge in [0.1, 0.15) is 0 Å². The molecule has 23 heavy (non-hydrogen) atoms. The van der Waals surface area contributed by atoms with Crippen LogP contribution in [-0.2, 0) is 6.42 Å². The molecule has 0 heterocycles. The van der Waals surface area contributed by atoms with E-state index < -0.39 is 0 Å². The monoisotopic (exact) mass is 305 g/mol. The van der Waals surface area contributed by atoms with Gasteiger partial charge in [0.2, 0.25) is 0 Å². The quantitative estimate of drug-likeness (QED) is 0.302. The van der Waals surface area contributed by atoms with E-state index in [-0.39, 0.29) is 0 Å². The number of hydrogen-bond donors (Lipinski definition) is 1. The minimum Gasteiger partial charge on any atom is -0.399 e.